The van der Waals surface area contributed by atoms with E-state index in [4.69, 9.17) is 26.7 Å². The van der Waals surface area contributed by atoms with Crippen molar-refractivity contribution in [3.63, 3.8) is 0 Å². The van der Waals surface area contributed by atoms with Gasteiger partial charge in [0.15, 0.2) is 5.82 Å². The topological polar surface area (TPSA) is 64.0 Å². The Kier molecular flexibility index (Phi) is 8.35. The first-order valence-electron chi connectivity index (χ1n) is 9.45. The SMILES string of the molecule is COC(=O)CC(C)c1cnc(N(CC(C)C)C2CCOCC2)c(N=C=S)c1. The van der Waals surface area contributed by atoms with Crippen molar-refractivity contribution in [3.8, 4) is 0 Å². The second kappa shape index (κ2) is 10.5. The molecule has 0 aromatic carbocycles. The molecule has 0 radical (unpaired) electrons. The Morgan fingerprint density at radius 3 is 2.74 bits per heavy atom. The van der Waals surface area contributed by atoms with E-state index in [1.54, 1.807) is 0 Å². The van der Waals surface area contributed by atoms with Gasteiger partial charge in [0.25, 0.3) is 0 Å². The number of ether oxygens (including phenoxy) is 2. The number of carbonyl (C=O) groups excluding carboxylic acids is 1. The highest BCUT2D eigenvalue weighted by atomic mass is 32.1. The molecule has 27 heavy (non-hydrogen) atoms. The molecule has 0 saturated carbocycles. The van der Waals surface area contributed by atoms with Crippen molar-refractivity contribution in [1.82, 2.24) is 4.98 Å². The highest BCUT2D eigenvalue weighted by Crippen LogP contribution is 2.34. The molecule has 0 aliphatic carbocycles. The summed E-state index contributed by atoms with van der Waals surface area (Å²) in [6.07, 6.45) is 4.07. The number of thiocarbonyl (C=S) groups is 1. The van der Waals surface area contributed by atoms with Crippen molar-refractivity contribution in [2.75, 3.05) is 31.8 Å². The molecule has 1 aliphatic heterocycles. The smallest absolute Gasteiger partial charge is 0.306 e. The Hall–Kier alpha value is -1.82. The number of rotatable bonds is 8. The van der Waals surface area contributed by atoms with E-state index < -0.39 is 0 Å². The van der Waals surface area contributed by atoms with Gasteiger partial charge in [0.05, 0.1) is 18.7 Å². The highest BCUT2D eigenvalue weighted by molar-refractivity contribution is 7.78. The molecule has 2 heterocycles. The van der Waals surface area contributed by atoms with Crippen LogP contribution in [0.2, 0.25) is 0 Å². The van der Waals surface area contributed by atoms with Crippen LogP contribution in [0.15, 0.2) is 17.3 Å². The van der Waals surface area contributed by atoms with Crippen LogP contribution in [0.5, 0.6) is 0 Å². The lowest BCUT2D eigenvalue weighted by atomic mass is 9.98. The van der Waals surface area contributed by atoms with Crippen LogP contribution in [-0.4, -0.2) is 49.0 Å². The number of carbonyl (C=O) groups is 1. The third kappa shape index (κ3) is 6.09. The van der Waals surface area contributed by atoms with Gasteiger partial charge in [-0.25, -0.2) is 4.98 Å². The predicted octanol–water partition coefficient (Wildman–Crippen LogP) is 4.12. The standard InChI is InChI=1S/C20H29N3O3S/c1-14(2)12-23(17-5-7-26-8-6-17)20-18(22-13-27)10-16(11-21-20)15(3)9-19(24)25-4/h10-11,14-15,17H,5-9,12H2,1-4H3. The van der Waals surface area contributed by atoms with Crippen LogP contribution in [0.25, 0.3) is 0 Å². The number of pyridine rings is 1. The predicted molar refractivity (Wildman–Crippen MR) is 110 cm³/mol. The minimum atomic E-state index is -0.241. The van der Waals surface area contributed by atoms with Gasteiger partial charge in [0, 0.05) is 32.0 Å². The van der Waals surface area contributed by atoms with Crippen LogP contribution in [-0.2, 0) is 14.3 Å². The molecule has 2 rings (SSSR count). The molecule has 0 bridgehead atoms. The summed E-state index contributed by atoms with van der Waals surface area (Å²) in [6, 6.07) is 2.33. The average molecular weight is 392 g/mol. The maximum atomic E-state index is 11.6. The van der Waals surface area contributed by atoms with Gasteiger partial charge >= 0.3 is 5.97 Å². The van der Waals surface area contributed by atoms with Crippen LogP contribution in [0.4, 0.5) is 11.5 Å². The van der Waals surface area contributed by atoms with Gasteiger partial charge in [-0.1, -0.05) is 20.8 Å². The molecular formula is C20H29N3O3S. The molecule has 1 unspecified atom stereocenters. The number of hydrogen-bond acceptors (Lipinski definition) is 7. The maximum absolute atomic E-state index is 11.6. The Labute approximate surface area is 167 Å². The molecule has 148 valence electrons. The van der Waals surface area contributed by atoms with Gasteiger partial charge < -0.3 is 14.4 Å². The summed E-state index contributed by atoms with van der Waals surface area (Å²) in [4.78, 5) is 22.9. The molecule has 0 spiro atoms. The van der Waals surface area contributed by atoms with E-state index in [1.807, 2.05) is 19.2 Å². The monoisotopic (exact) mass is 391 g/mol. The Morgan fingerprint density at radius 1 is 1.44 bits per heavy atom. The van der Waals surface area contributed by atoms with E-state index in [-0.39, 0.29) is 11.9 Å². The van der Waals surface area contributed by atoms with Crippen LogP contribution in [0.3, 0.4) is 0 Å². The number of anilines is 1. The molecule has 6 nitrogen and oxygen atoms in total. The van der Waals surface area contributed by atoms with Gasteiger partial charge in [-0.05, 0) is 48.5 Å². The van der Waals surface area contributed by atoms with E-state index in [0.717, 1.165) is 44.0 Å². The first-order chi connectivity index (χ1) is 13.0. The summed E-state index contributed by atoms with van der Waals surface area (Å²) < 4.78 is 10.3. The van der Waals surface area contributed by atoms with Crippen LogP contribution < -0.4 is 4.90 Å². The molecule has 0 amide bonds. The number of isothiocyanates is 1. The van der Waals surface area contributed by atoms with Crippen molar-refractivity contribution in [3.05, 3.63) is 17.8 Å². The summed E-state index contributed by atoms with van der Waals surface area (Å²) in [6.45, 7) is 8.78. The Bertz CT molecular complexity index is 683. The van der Waals surface area contributed by atoms with Gasteiger partial charge in [0.1, 0.15) is 5.69 Å². The fraction of sp³-hybridized carbons (Fsp3) is 0.650. The summed E-state index contributed by atoms with van der Waals surface area (Å²) in [7, 11) is 1.40. The third-order valence-electron chi connectivity index (χ3n) is 4.77. The maximum Gasteiger partial charge on any atom is 0.306 e. The van der Waals surface area contributed by atoms with Crippen LogP contribution in [0, 0.1) is 5.92 Å². The second-order valence-electron chi connectivity index (χ2n) is 7.39. The van der Waals surface area contributed by atoms with Crippen LogP contribution in [0.1, 0.15) is 51.5 Å². The largest absolute Gasteiger partial charge is 0.469 e. The summed E-state index contributed by atoms with van der Waals surface area (Å²) in [5, 5.41) is 2.48. The highest BCUT2D eigenvalue weighted by Gasteiger charge is 2.26. The lowest BCUT2D eigenvalue weighted by molar-refractivity contribution is -0.140. The second-order valence-corrected chi connectivity index (χ2v) is 7.57. The average Bonchev–Trinajstić information content (AvgIpc) is 2.67. The lowest BCUT2D eigenvalue weighted by Gasteiger charge is -2.37. The number of methoxy groups -OCH3 is 1. The van der Waals surface area contributed by atoms with Gasteiger partial charge in [-0.3, -0.25) is 4.79 Å². The zero-order valence-electron chi connectivity index (χ0n) is 16.6. The van der Waals surface area contributed by atoms with Crippen molar-refractivity contribution < 1.29 is 14.3 Å². The van der Waals surface area contributed by atoms with E-state index in [2.05, 4.69) is 28.9 Å². The molecule has 1 saturated heterocycles. The quantitative estimate of drug-likeness (QED) is 0.377. The normalized spacial score (nSPS) is 15.9. The lowest BCUT2D eigenvalue weighted by Crippen LogP contribution is -2.42. The Morgan fingerprint density at radius 2 is 2.15 bits per heavy atom. The Balaban J connectivity index is 2.36. The fourth-order valence-electron chi connectivity index (χ4n) is 3.33. The van der Waals surface area contributed by atoms with Gasteiger partial charge in [-0.2, -0.15) is 4.99 Å². The zero-order valence-corrected chi connectivity index (χ0v) is 17.4. The van der Waals surface area contributed by atoms with Gasteiger partial charge in [-0.15, -0.1) is 0 Å². The van der Waals surface area contributed by atoms with E-state index in [0.29, 0.717) is 24.1 Å². The first-order valence-corrected chi connectivity index (χ1v) is 9.86. The summed E-state index contributed by atoms with van der Waals surface area (Å²) in [5.41, 5.74) is 1.64. The number of nitrogens with zero attached hydrogens (tertiary/aromatic N) is 3. The molecule has 1 aromatic heterocycles. The van der Waals surface area contributed by atoms with E-state index >= 15 is 0 Å². The van der Waals surface area contributed by atoms with Gasteiger partial charge in [0.2, 0.25) is 0 Å². The van der Waals surface area contributed by atoms with Crippen molar-refractivity contribution >= 4 is 34.9 Å². The van der Waals surface area contributed by atoms with Crippen molar-refractivity contribution in [2.45, 2.75) is 52.0 Å². The van der Waals surface area contributed by atoms with Crippen LogP contribution >= 0.6 is 12.2 Å². The minimum absolute atomic E-state index is 0.0142. The van der Waals surface area contributed by atoms with E-state index in [1.165, 1.54) is 7.11 Å². The molecule has 1 atom stereocenters. The number of esters is 1. The molecule has 7 heteroatoms. The number of aromatic nitrogens is 1. The molecule has 1 fully saturated rings. The zero-order chi connectivity index (χ0) is 19.8. The number of aliphatic imine (C=N–C) groups is 1. The molecule has 0 N–H and O–H groups in total. The first kappa shape index (κ1) is 21.5. The van der Waals surface area contributed by atoms with Crippen molar-refractivity contribution in [2.24, 2.45) is 10.9 Å². The molecule has 1 aromatic rings. The fourth-order valence-corrected chi connectivity index (χ4v) is 3.43. The third-order valence-corrected chi connectivity index (χ3v) is 4.86. The molecular weight excluding hydrogens is 362 g/mol. The van der Waals surface area contributed by atoms with E-state index in [9.17, 15) is 4.79 Å². The van der Waals surface area contributed by atoms with Crippen molar-refractivity contribution in [1.29, 1.82) is 0 Å². The summed E-state index contributed by atoms with van der Waals surface area (Å²) >= 11 is 4.87. The summed E-state index contributed by atoms with van der Waals surface area (Å²) in [5.74, 6) is 1.05. The molecule has 1 aliphatic rings. The number of hydrogen-bond donors (Lipinski definition) is 0. The minimum Gasteiger partial charge on any atom is -0.469 e.